The Morgan fingerprint density at radius 2 is 1.64 bits per heavy atom. The maximum atomic E-state index is 10.7. The zero-order valence-electron chi connectivity index (χ0n) is 10.2. The molecule has 0 radical (unpaired) electrons. The molecule has 1 rings (SSSR count). The van der Waals surface area contributed by atoms with Crippen LogP contribution in [0.2, 0.25) is 0 Å². The summed E-state index contributed by atoms with van der Waals surface area (Å²) in [6.07, 6.45) is 3.47. The van der Waals surface area contributed by atoms with Gasteiger partial charge in [0.25, 0.3) is 0 Å². The van der Waals surface area contributed by atoms with Crippen molar-refractivity contribution in [1.29, 1.82) is 0 Å². The van der Waals surface area contributed by atoms with E-state index in [9.17, 15) is 4.79 Å². The van der Waals surface area contributed by atoms with E-state index in [1.54, 1.807) is 6.92 Å². The third kappa shape index (κ3) is 10.4. The molecule has 1 atom stereocenters. The minimum Gasteiger partial charge on any atom is -0.307 e. The maximum Gasteiger partial charge on any atom is 0.146 e. The smallest absolute Gasteiger partial charge is 0.146 e. The van der Waals surface area contributed by atoms with Gasteiger partial charge in [-0.1, -0.05) is 34.1 Å². The molecule has 0 saturated carbocycles. The van der Waals surface area contributed by atoms with E-state index in [2.05, 4.69) is 5.32 Å². The van der Waals surface area contributed by atoms with Crippen LogP contribution < -0.4 is 5.32 Å². The zero-order chi connectivity index (χ0) is 10.7. The molecular weight excluding hydrogens is 289 g/mol. The van der Waals surface area contributed by atoms with Crippen LogP contribution in [-0.4, -0.2) is 18.4 Å². The second-order valence-electron chi connectivity index (χ2n) is 2.61. The van der Waals surface area contributed by atoms with E-state index < -0.39 is 0 Å². The van der Waals surface area contributed by atoms with E-state index in [1.165, 1.54) is 12.8 Å². The highest BCUT2D eigenvalue weighted by Crippen LogP contribution is 2.06. The number of rotatable bonds is 1. The molecule has 1 saturated heterocycles. The molecule has 1 unspecified atom stereocenters. The number of hydrogen-bond acceptors (Lipinski definition) is 2. The van der Waals surface area contributed by atoms with Crippen molar-refractivity contribution in [3.05, 3.63) is 0 Å². The normalized spacial score (nSPS) is 18.8. The van der Waals surface area contributed by atoms with E-state index in [0.29, 0.717) is 0 Å². The lowest BCUT2D eigenvalue weighted by molar-refractivity contribution is -0.119. The lowest BCUT2D eigenvalue weighted by Crippen LogP contribution is -2.38. The van der Waals surface area contributed by atoms with Gasteiger partial charge in [-0.05, 0) is 26.3 Å². The Balaban J connectivity index is -0.000000216. The van der Waals surface area contributed by atoms with Crippen molar-refractivity contribution in [3.8, 4) is 0 Å². The molecule has 1 heterocycles. The van der Waals surface area contributed by atoms with Gasteiger partial charge in [-0.15, -0.1) is 24.0 Å². The van der Waals surface area contributed by atoms with Gasteiger partial charge >= 0.3 is 0 Å². The van der Waals surface area contributed by atoms with Gasteiger partial charge < -0.3 is 5.32 Å². The SMILES string of the molecule is CC.CC.CC(=O)C1CCCCN1.I. The molecule has 14 heavy (non-hydrogen) atoms. The Morgan fingerprint density at radius 3 is 1.86 bits per heavy atom. The van der Waals surface area contributed by atoms with Crippen molar-refractivity contribution in [3.63, 3.8) is 0 Å². The van der Waals surface area contributed by atoms with Gasteiger partial charge in [-0.25, -0.2) is 0 Å². The van der Waals surface area contributed by atoms with Gasteiger partial charge in [0, 0.05) is 0 Å². The van der Waals surface area contributed by atoms with Gasteiger partial charge in [-0.2, -0.15) is 0 Å². The average molecular weight is 315 g/mol. The van der Waals surface area contributed by atoms with E-state index in [4.69, 9.17) is 0 Å². The highest BCUT2D eigenvalue weighted by Gasteiger charge is 2.15. The number of halogens is 1. The predicted octanol–water partition coefficient (Wildman–Crippen LogP) is 3.39. The average Bonchev–Trinajstić information content (AvgIpc) is 2.25. The molecule has 0 aromatic carbocycles. The summed E-state index contributed by atoms with van der Waals surface area (Å²) < 4.78 is 0. The Bertz CT molecular complexity index is 112. The van der Waals surface area contributed by atoms with Crippen molar-refractivity contribution < 1.29 is 4.79 Å². The van der Waals surface area contributed by atoms with Crippen LogP contribution in [0, 0.1) is 0 Å². The molecule has 1 aliphatic rings. The molecule has 0 spiro atoms. The van der Waals surface area contributed by atoms with Crippen LogP contribution in [0.3, 0.4) is 0 Å². The van der Waals surface area contributed by atoms with Crippen molar-refractivity contribution in [2.45, 2.75) is 59.9 Å². The van der Waals surface area contributed by atoms with Crippen LogP contribution >= 0.6 is 24.0 Å². The lowest BCUT2D eigenvalue weighted by atomic mass is 10.0. The van der Waals surface area contributed by atoms with Crippen LogP contribution in [0.1, 0.15) is 53.9 Å². The largest absolute Gasteiger partial charge is 0.307 e. The first-order valence-electron chi connectivity index (χ1n) is 5.54. The molecule has 1 N–H and O–H groups in total. The highest BCUT2D eigenvalue weighted by atomic mass is 127. The van der Waals surface area contributed by atoms with Crippen LogP contribution in [0.5, 0.6) is 0 Å². The number of carbonyl (C=O) groups is 1. The predicted molar refractivity (Wildman–Crippen MR) is 74.4 cm³/mol. The molecule has 1 fully saturated rings. The molecule has 0 aromatic rings. The van der Waals surface area contributed by atoms with Gasteiger partial charge in [0.1, 0.15) is 5.78 Å². The second kappa shape index (κ2) is 15.8. The van der Waals surface area contributed by atoms with E-state index in [1.807, 2.05) is 27.7 Å². The summed E-state index contributed by atoms with van der Waals surface area (Å²) in [6, 6.07) is 0.166. The summed E-state index contributed by atoms with van der Waals surface area (Å²) in [5, 5.41) is 3.17. The minimum atomic E-state index is 0. The fourth-order valence-corrected chi connectivity index (χ4v) is 1.20. The van der Waals surface area contributed by atoms with Gasteiger partial charge in [-0.3, -0.25) is 4.79 Å². The Kier molecular flexibility index (Phi) is 22.4. The third-order valence-electron chi connectivity index (χ3n) is 1.80. The van der Waals surface area contributed by atoms with Crippen LogP contribution in [-0.2, 0) is 4.79 Å². The van der Waals surface area contributed by atoms with E-state index in [0.717, 1.165) is 13.0 Å². The number of hydrogen-bond donors (Lipinski definition) is 1. The van der Waals surface area contributed by atoms with Crippen molar-refractivity contribution in [1.82, 2.24) is 5.32 Å². The molecule has 88 valence electrons. The number of piperidine rings is 1. The van der Waals surface area contributed by atoms with Crippen molar-refractivity contribution in [2.24, 2.45) is 0 Å². The fourth-order valence-electron chi connectivity index (χ4n) is 1.20. The summed E-state index contributed by atoms with van der Waals surface area (Å²) in [4.78, 5) is 10.7. The standard InChI is InChI=1S/C7H13NO.2C2H6.HI/c1-6(9)7-4-2-3-5-8-7;2*1-2;/h7-8H,2-5H2,1H3;2*1-2H3;1H. The number of nitrogens with one attached hydrogen (secondary N) is 1. The summed E-state index contributed by atoms with van der Waals surface area (Å²) >= 11 is 0. The first-order chi connectivity index (χ1) is 6.30. The van der Waals surface area contributed by atoms with Crippen LogP contribution in [0.15, 0.2) is 0 Å². The topological polar surface area (TPSA) is 29.1 Å². The van der Waals surface area contributed by atoms with Crippen LogP contribution in [0.25, 0.3) is 0 Å². The minimum absolute atomic E-state index is 0. The monoisotopic (exact) mass is 315 g/mol. The number of Topliss-reactive ketones (excluding diaryl/α,β-unsaturated/α-hetero) is 1. The first kappa shape index (κ1) is 19.9. The molecule has 0 aromatic heterocycles. The summed E-state index contributed by atoms with van der Waals surface area (Å²) in [5.41, 5.74) is 0. The van der Waals surface area contributed by atoms with Gasteiger partial charge in [0.05, 0.1) is 6.04 Å². The molecule has 0 bridgehead atoms. The number of carbonyl (C=O) groups excluding carboxylic acids is 1. The Morgan fingerprint density at radius 1 is 1.14 bits per heavy atom. The van der Waals surface area contributed by atoms with Gasteiger partial charge in [0.15, 0.2) is 0 Å². The fraction of sp³-hybridized carbons (Fsp3) is 0.909. The zero-order valence-corrected chi connectivity index (χ0v) is 12.6. The van der Waals surface area contributed by atoms with Crippen molar-refractivity contribution in [2.75, 3.05) is 6.54 Å². The summed E-state index contributed by atoms with van der Waals surface area (Å²) in [5.74, 6) is 0.287. The van der Waals surface area contributed by atoms with Crippen LogP contribution in [0.4, 0.5) is 0 Å². The molecule has 3 heteroatoms. The first-order valence-corrected chi connectivity index (χ1v) is 5.54. The summed E-state index contributed by atoms with van der Waals surface area (Å²) in [7, 11) is 0. The van der Waals surface area contributed by atoms with E-state index >= 15 is 0 Å². The maximum absolute atomic E-state index is 10.7. The quantitative estimate of drug-likeness (QED) is 0.752. The lowest BCUT2D eigenvalue weighted by Gasteiger charge is -2.20. The third-order valence-corrected chi connectivity index (χ3v) is 1.80. The second-order valence-corrected chi connectivity index (χ2v) is 2.61. The highest BCUT2D eigenvalue weighted by molar-refractivity contribution is 14.0. The Labute approximate surface area is 106 Å². The van der Waals surface area contributed by atoms with Crippen molar-refractivity contribution >= 4 is 29.8 Å². The molecule has 1 aliphatic heterocycles. The molecular formula is C11H26INO. The van der Waals surface area contributed by atoms with Gasteiger partial charge in [0.2, 0.25) is 0 Å². The molecule has 2 nitrogen and oxygen atoms in total. The summed E-state index contributed by atoms with van der Waals surface area (Å²) in [6.45, 7) is 10.7. The molecule has 0 amide bonds. The Hall–Kier alpha value is 0.360. The molecule has 0 aliphatic carbocycles. The number of ketones is 1. The van der Waals surface area contributed by atoms with E-state index in [-0.39, 0.29) is 35.8 Å².